The number of ether oxygens (including phenoxy) is 2. The van der Waals surface area contributed by atoms with E-state index in [9.17, 15) is 21.6 Å². The van der Waals surface area contributed by atoms with E-state index in [2.05, 4.69) is 4.74 Å². The number of fused-ring (bicyclic) bond motifs is 1. The molecular formula is C21H24N2O7S2. The standard InChI is InChI=1S/C21H24N2O7S2/c1-15-13-17(21(24)29-2)3-6-20(15)32(27,28)23-8-7-16-14-18(4-5-19(16)23)31(25,26)22-9-11-30-12-10-22/h3-6,13-14H,7-12H2,1-2H3. The second-order valence-corrected chi connectivity index (χ2v) is 11.4. The van der Waals surface area contributed by atoms with E-state index in [1.807, 2.05) is 0 Å². The Labute approximate surface area is 187 Å². The zero-order chi connectivity index (χ0) is 23.1. The summed E-state index contributed by atoms with van der Waals surface area (Å²) >= 11 is 0. The molecule has 1 saturated heterocycles. The Balaban J connectivity index is 1.65. The molecule has 2 aromatic rings. The summed E-state index contributed by atoms with van der Waals surface area (Å²) in [4.78, 5) is 12.0. The third kappa shape index (κ3) is 3.90. The molecule has 4 rings (SSSR count). The van der Waals surface area contributed by atoms with E-state index in [1.165, 1.54) is 40.0 Å². The maximum absolute atomic E-state index is 13.4. The summed E-state index contributed by atoms with van der Waals surface area (Å²) in [5, 5.41) is 0. The zero-order valence-electron chi connectivity index (χ0n) is 17.8. The van der Waals surface area contributed by atoms with Crippen LogP contribution in [0.3, 0.4) is 0 Å². The second kappa shape index (κ2) is 8.47. The fourth-order valence-electron chi connectivity index (χ4n) is 4.00. The summed E-state index contributed by atoms with van der Waals surface area (Å²) in [6.07, 6.45) is 0.403. The summed E-state index contributed by atoms with van der Waals surface area (Å²) in [6, 6.07) is 8.85. The smallest absolute Gasteiger partial charge is 0.337 e. The van der Waals surface area contributed by atoms with Gasteiger partial charge in [-0.25, -0.2) is 21.6 Å². The van der Waals surface area contributed by atoms with Crippen molar-refractivity contribution < 1.29 is 31.1 Å². The molecule has 0 aromatic heterocycles. The Bertz CT molecular complexity index is 1270. The number of nitrogens with zero attached hydrogens (tertiary/aromatic N) is 2. The number of hydrogen-bond acceptors (Lipinski definition) is 7. The fraction of sp³-hybridized carbons (Fsp3) is 0.381. The van der Waals surface area contributed by atoms with Gasteiger partial charge in [0, 0.05) is 19.6 Å². The van der Waals surface area contributed by atoms with Gasteiger partial charge in [0.15, 0.2) is 0 Å². The highest BCUT2D eigenvalue weighted by atomic mass is 32.2. The Morgan fingerprint density at radius 2 is 1.69 bits per heavy atom. The molecule has 9 nitrogen and oxygen atoms in total. The highest BCUT2D eigenvalue weighted by Crippen LogP contribution is 2.36. The third-order valence-electron chi connectivity index (χ3n) is 5.68. The molecule has 2 heterocycles. The van der Waals surface area contributed by atoms with Crippen molar-refractivity contribution in [1.29, 1.82) is 0 Å². The number of rotatable bonds is 5. The van der Waals surface area contributed by atoms with Crippen LogP contribution in [0.4, 0.5) is 5.69 Å². The summed E-state index contributed by atoms with van der Waals surface area (Å²) in [5.74, 6) is -0.544. The SMILES string of the molecule is COC(=O)c1ccc(S(=O)(=O)N2CCc3cc(S(=O)(=O)N4CCOCC4)ccc32)c(C)c1. The number of anilines is 1. The first-order chi connectivity index (χ1) is 15.2. The molecular weight excluding hydrogens is 456 g/mol. The van der Waals surface area contributed by atoms with Gasteiger partial charge in [0.2, 0.25) is 10.0 Å². The van der Waals surface area contributed by atoms with E-state index < -0.39 is 26.0 Å². The first-order valence-electron chi connectivity index (χ1n) is 10.1. The molecule has 1 fully saturated rings. The molecule has 32 heavy (non-hydrogen) atoms. The lowest BCUT2D eigenvalue weighted by Crippen LogP contribution is -2.40. The van der Waals surface area contributed by atoms with Crippen molar-refractivity contribution in [2.24, 2.45) is 0 Å². The van der Waals surface area contributed by atoms with E-state index in [-0.39, 0.29) is 21.9 Å². The van der Waals surface area contributed by atoms with Crippen molar-refractivity contribution in [2.45, 2.75) is 23.1 Å². The topological polar surface area (TPSA) is 110 Å². The van der Waals surface area contributed by atoms with Crippen LogP contribution in [0.2, 0.25) is 0 Å². The zero-order valence-corrected chi connectivity index (χ0v) is 19.4. The maximum atomic E-state index is 13.4. The third-order valence-corrected chi connectivity index (χ3v) is 9.54. The van der Waals surface area contributed by atoms with E-state index in [1.54, 1.807) is 19.1 Å². The quantitative estimate of drug-likeness (QED) is 0.597. The second-order valence-electron chi connectivity index (χ2n) is 7.61. The van der Waals surface area contributed by atoms with Crippen LogP contribution in [0.5, 0.6) is 0 Å². The van der Waals surface area contributed by atoms with Crippen LogP contribution in [0.25, 0.3) is 0 Å². The van der Waals surface area contributed by atoms with Crippen LogP contribution in [-0.4, -0.2) is 67.1 Å². The molecule has 0 N–H and O–H groups in total. The number of morpholine rings is 1. The van der Waals surface area contributed by atoms with Crippen LogP contribution >= 0.6 is 0 Å². The van der Waals surface area contributed by atoms with Crippen molar-refractivity contribution in [3.8, 4) is 0 Å². The lowest BCUT2D eigenvalue weighted by atomic mass is 10.1. The number of benzene rings is 2. The normalized spacial score (nSPS) is 17.2. The molecule has 172 valence electrons. The van der Waals surface area contributed by atoms with Gasteiger partial charge in [-0.05, 0) is 60.9 Å². The predicted octanol–water partition coefficient (Wildman–Crippen LogP) is 1.55. The minimum Gasteiger partial charge on any atom is -0.465 e. The maximum Gasteiger partial charge on any atom is 0.337 e. The Morgan fingerprint density at radius 3 is 2.34 bits per heavy atom. The van der Waals surface area contributed by atoms with Gasteiger partial charge >= 0.3 is 5.97 Å². The molecule has 0 amide bonds. The summed E-state index contributed by atoms with van der Waals surface area (Å²) < 4.78 is 65.2. The minimum atomic E-state index is -3.90. The van der Waals surface area contributed by atoms with Gasteiger partial charge in [0.25, 0.3) is 10.0 Å². The number of aryl methyl sites for hydroxylation is 1. The summed E-state index contributed by atoms with van der Waals surface area (Å²) in [6.45, 7) is 3.11. The van der Waals surface area contributed by atoms with Gasteiger partial charge in [-0.2, -0.15) is 4.31 Å². The molecule has 11 heteroatoms. The van der Waals surface area contributed by atoms with Gasteiger partial charge in [0.05, 0.1) is 41.4 Å². The van der Waals surface area contributed by atoms with Crippen LogP contribution in [0.1, 0.15) is 21.5 Å². The Hall–Kier alpha value is -2.47. The highest BCUT2D eigenvalue weighted by Gasteiger charge is 2.34. The number of hydrogen-bond donors (Lipinski definition) is 0. The van der Waals surface area contributed by atoms with E-state index in [4.69, 9.17) is 4.74 Å². The van der Waals surface area contributed by atoms with Crippen molar-refractivity contribution in [3.63, 3.8) is 0 Å². The number of sulfonamides is 2. The van der Waals surface area contributed by atoms with E-state index >= 15 is 0 Å². The van der Waals surface area contributed by atoms with Crippen LogP contribution in [0.15, 0.2) is 46.2 Å². The monoisotopic (exact) mass is 480 g/mol. The Kier molecular flexibility index (Phi) is 6.01. The van der Waals surface area contributed by atoms with Gasteiger partial charge in [-0.3, -0.25) is 4.31 Å². The van der Waals surface area contributed by atoms with Crippen molar-refractivity contribution in [2.75, 3.05) is 44.3 Å². The number of carbonyl (C=O) groups is 1. The molecule has 0 bridgehead atoms. The average Bonchev–Trinajstić information content (AvgIpc) is 3.23. The van der Waals surface area contributed by atoms with Crippen molar-refractivity contribution in [3.05, 3.63) is 53.1 Å². The van der Waals surface area contributed by atoms with Gasteiger partial charge in [-0.1, -0.05) is 0 Å². The fourth-order valence-corrected chi connectivity index (χ4v) is 7.17. The first kappa shape index (κ1) is 22.7. The van der Waals surface area contributed by atoms with Gasteiger partial charge in [0.1, 0.15) is 0 Å². The molecule has 0 unspecified atom stereocenters. The lowest BCUT2D eigenvalue weighted by Gasteiger charge is -2.26. The molecule has 0 aliphatic carbocycles. The van der Waals surface area contributed by atoms with Crippen LogP contribution < -0.4 is 4.31 Å². The highest BCUT2D eigenvalue weighted by molar-refractivity contribution is 7.93. The summed E-state index contributed by atoms with van der Waals surface area (Å²) in [5.41, 5.74) is 1.81. The molecule has 0 saturated carbocycles. The van der Waals surface area contributed by atoms with Crippen LogP contribution in [0, 0.1) is 6.92 Å². The van der Waals surface area contributed by atoms with E-state index in [0.717, 1.165) is 0 Å². The largest absolute Gasteiger partial charge is 0.465 e. The number of esters is 1. The van der Waals surface area contributed by atoms with Gasteiger partial charge in [-0.15, -0.1) is 0 Å². The molecule has 2 aromatic carbocycles. The molecule has 2 aliphatic heterocycles. The van der Waals surface area contributed by atoms with Crippen molar-refractivity contribution >= 4 is 31.7 Å². The first-order valence-corrected chi connectivity index (χ1v) is 13.0. The number of methoxy groups -OCH3 is 1. The molecule has 2 aliphatic rings. The van der Waals surface area contributed by atoms with Crippen LogP contribution in [-0.2, 0) is 35.9 Å². The van der Waals surface area contributed by atoms with Gasteiger partial charge < -0.3 is 9.47 Å². The average molecular weight is 481 g/mol. The molecule has 0 radical (unpaired) electrons. The summed E-state index contributed by atoms with van der Waals surface area (Å²) in [7, 11) is -6.30. The minimum absolute atomic E-state index is 0.0861. The Morgan fingerprint density at radius 1 is 0.969 bits per heavy atom. The molecule has 0 atom stereocenters. The van der Waals surface area contributed by atoms with Crippen molar-refractivity contribution in [1.82, 2.24) is 4.31 Å². The molecule has 0 spiro atoms. The lowest BCUT2D eigenvalue weighted by molar-refractivity contribution is 0.0600. The number of carbonyl (C=O) groups excluding carboxylic acids is 1. The van der Waals surface area contributed by atoms with E-state index in [0.29, 0.717) is 49.5 Å². The predicted molar refractivity (Wildman–Crippen MR) is 117 cm³/mol.